The third kappa shape index (κ3) is 4.32. The molecule has 2 aliphatic heterocycles. The topological polar surface area (TPSA) is 96.4 Å². The Balaban J connectivity index is 2.18. The van der Waals surface area contributed by atoms with Crippen molar-refractivity contribution in [1.29, 1.82) is 0 Å². The van der Waals surface area contributed by atoms with Crippen LogP contribution >= 0.6 is 0 Å². The average molecular weight is 383 g/mol. The summed E-state index contributed by atoms with van der Waals surface area (Å²) in [7, 11) is -3.61. The third-order valence-electron chi connectivity index (χ3n) is 4.08. The predicted octanol–water partition coefficient (Wildman–Crippen LogP) is 1.06. The minimum atomic E-state index is -3.61. The fourth-order valence-corrected chi connectivity index (χ4v) is 3.95. The normalized spacial score (nSPS) is 19.6. The number of esters is 1. The molecule has 8 nitrogen and oxygen atoms in total. The van der Waals surface area contributed by atoms with Gasteiger partial charge in [-0.25, -0.2) is 13.2 Å². The molecule has 0 aromatic rings. The van der Waals surface area contributed by atoms with E-state index in [4.69, 9.17) is 4.74 Å². The van der Waals surface area contributed by atoms with Crippen LogP contribution < -0.4 is 0 Å². The Hall–Kier alpha value is -2.16. The van der Waals surface area contributed by atoms with E-state index in [-0.39, 0.29) is 41.7 Å². The lowest BCUT2D eigenvalue weighted by Gasteiger charge is -2.33. The van der Waals surface area contributed by atoms with Gasteiger partial charge in [0.2, 0.25) is 0 Å². The fraction of sp³-hybridized carbons (Fsp3) is 0.588. The van der Waals surface area contributed by atoms with Gasteiger partial charge < -0.3 is 14.5 Å². The molecule has 0 spiro atoms. The van der Waals surface area contributed by atoms with Gasteiger partial charge >= 0.3 is 5.97 Å². The number of ether oxygens (including phenoxy) is 1. The van der Waals surface area contributed by atoms with E-state index in [1.54, 1.807) is 22.1 Å². The second-order valence-corrected chi connectivity index (χ2v) is 8.55. The number of nitrogens with zero attached hydrogens (tertiary/aromatic N) is 3. The molecule has 2 rings (SSSR count). The van der Waals surface area contributed by atoms with E-state index in [1.807, 2.05) is 27.7 Å². The molecule has 144 valence electrons. The smallest absolute Gasteiger partial charge is 0.342 e. The van der Waals surface area contributed by atoms with Crippen LogP contribution in [0.15, 0.2) is 28.3 Å². The van der Waals surface area contributed by atoms with E-state index >= 15 is 0 Å². The third-order valence-corrected chi connectivity index (χ3v) is 5.23. The maximum atomic E-state index is 12.6. The van der Waals surface area contributed by atoms with Crippen molar-refractivity contribution in [3.63, 3.8) is 0 Å². The van der Waals surface area contributed by atoms with Gasteiger partial charge in [-0.2, -0.15) is 0 Å². The summed E-state index contributed by atoms with van der Waals surface area (Å²) in [6.45, 7) is 9.28. The molecular weight excluding hydrogens is 358 g/mol. The summed E-state index contributed by atoms with van der Waals surface area (Å²) in [5.41, 5.74) is 0.0241. The zero-order valence-electron chi connectivity index (χ0n) is 15.7. The second-order valence-electron chi connectivity index (χ2n) is 6.80. The van der Waals surface area contributed by atoms with Crippen LogP contribution in [-0.2, 0) is 24.3 Å². The first-order valence-corrected chi connectivity index (χ1v) is 10.2. The fourth-order valence-electron chi connectivity index (χ4n) is 2.97. The van der Waals surface area contributed by atoms with Gasteiger partial charge in [0.1, 0.15) is 5.57 Å². The Morgan fingerprint density at radius 3 is 2.38 bits per heavy atom. The molecule has 0 aromatic heterocycles. The molecule has 0 bridgehead atoms. The molecule has 0 aliphatic carbocycles. The highest BCUT2D eigenvalue weighted by atomic mass is 32.2. The molecule has 26 heavy (non-hydrogen) atoms. The minimum absolute atomic E-state index is 0.0241. The summed E-state index contributed by atoms with van der Waals surface area (Å²) in [6.07, 6.45) is 3.72. The first-order valence-electron chi connectivity index (χ1n) is 8.55. The Labute approximate surface area is 154 Å². The molecule has 2 aliphatic rings. The second kappa shape index (κ2) is 7.61. The van der Waals surface area contributed by atoms with Gasteiger partial charge in [-0.1, -0.05) is 0 Å². The van der Waals surface area contributed by atoms with Crippen LogP contribution in [0.4, 0.5) is 0 Å². The highest BCUT2D eigenvalue weighted by Crippen LogP contribution is 2.20. The molecular formula is C17H25N3O5S. The van der Waals surface area contributed by atoms with Crippen molar-refractivity contribution in [3.05, 3.63) is 23.9 Å². The van der Waals surface area contributed by atoms with Gasteiger partial charge in [0, 0.05) is 24.8 Å². The lowest BCUT2D eigenvalue weighted by Crippen LogP contribution is -2.48. The zero-order chi connectivity index (χ0) is 19.6. The number of hydrogen-bond acceptors (Lipinski definition) is 6. The van der Waals surface area contributed by atoms with Crippen LogP contribution in [0.2, 0.25) is 0 Å². The van der Waals surface area contributed by atoms with E-state index < -0.39 is 22.1 Å². The number of rotatable bonds is 5. The quantitative estimate of drug-likeness (QED) is 0.659. The summed E-state index contributed by atoms with van der Waals surface area (Å²) in [6, 6.07) is -0.0762. The first-order chi connectivity index (χ1) is 12.0. The van der Waals surface area contributed by atoms with Crippen molar-refractivity contribution in [2.75, 3.05) is 12.3 Å². The van der Waals surface area contributed by atoms with E-state index in [9.17, 15) is 18.0 Å². The Bertz CT molecular complexity index is 772. The lowest BCUT2D eigenvalue weighted by molar-refractivity contribution is -0.157. The predicted molar refractivity (Wildman–Crippen MR) is 97.8 cm³/mol. The van der Waals surface area contributed by atoms with Gasteiger partial charge in [-0.3, -0.25) is 4.79 Å². The monoisotopic (exact) mass is 383 g/mol. The Morgan fingerprint density at radius 2 is 1.81 bits per heavy atom. The van der Waals surface area contributed by atoms with E-state index in [1.165, 1.54) is 13.0 Å². The van der Waals surface area contributed by atoms with Crippen LogP contribution in [0, 0.1) is 0 Å². The number of amides is 1. The summed E-state index contributed by atoms with van der Waals surface area (Å²) in [5, 5.41) is 0. The highest BCUT2D eigenvalue weighted by molar-refractivity contribution is 7.90. The maximum absolute atomic E-state index is 12.6. The van der Waals surface area contributed by atoms with E-state index in [0.29, 0.717) is 0 Å². The van der Waals surface area contributed by atoms with Crippen LogP contribution in [0.1, 0.15) is 34.6 Å². The van der Waals surface area contributed by atoms with Crippen molar-refractivity contribution in [2.24, 2.45) is 4.40 Å². The van der Waals surface area contributed by atoms with Crippen molar-refractivity contribution in [3.8, 4) is 0 Å². The molecule has 0 saturated carbocycles. The van der Waals surface area contributed by atoms with Crippen molar-refractivity contribution < 1.29 is 22.7 Å². The van der Waals surface area contributed by atoms with Crippen LogP contribution in [0.25, 0.3) is 0 Å². The summed E-state index contributed by atoms with van der Waals surface area (Å²) in [5.74, 6) is -1.16. The summed E-state index contributed by atoms with van der Waals surface area (Å²) < 4.78 is 32.5. The number of hydrogen-bond donors (Lipinski definition) is 0. The van der Waals surface area contributed by atoms with Crippen molar-refractivity contribution in [2.45, 2.75) is 52.8 Å². The molecule has 0 fully saturated rings. The maximum Gasteiger partial charge on any atom is 0.342 e. The number of sulfonamides is 1. The Kier molecular flexibility index (Phi) is 5.90. The van der Waals surface area contributed by atoms with Crippen LogP contribution in [-0.4, -0.2) is 66.4 Å². The highest BCUT2D eigenvalue weighted by Gasteiger charge is 2.33. The summed E-state index contributed by atoms with van der Waals surface area (Å²) >= 11 is 0. The van der Waals surface area contributed by atoms with Gasteiger partial charge in [0.25, 0.3) is 15.9 Å². The first kappa shape index (κ1) is 20.2. The van der Waals surface area contributed by atoms with Crippen LogP contribution in [0.3, 0.4) is 0 Å². The minimum Gasteiger partial charge on any atom is -0.449 e. The molecule has 0 saturated heterocycles. The molecule has 0 aromatic carbocycles. The molecule has 1 amide bonds. The molecule has 1 atom stereocenters. The van der Waals surface area contributed by atoms with Gasteiger partial charge in [-0.15, -0.1) is 4.40 Å². The van der Waals surface area contributed by atoms with Crippen LogP contribution in [0.5, 0.6) is 0 Å². The van der Waals surface area contributed by atoms with Crippen molar-refractivity contribution >= 4 is 27.7 Å². The largest absolute Gasteiger partial charge is 0.449 e. The average Bonchev–Trinajstić information content (AvgIpc) is 2.52. The molecule has 2 heterocycles. The number of carbonyl (C=O) groups excluding carboxylic acids is 2. The molecule has 0 N–H and O–H groups in total. The van der Waals surface area contributed by atoms with Gasteiger partial charge in [0.15, 0.2) is 11.9 Å². The van der Waals surface area contributed by atoms with Gasteiger partial charge in [0.05, 0.1) is 5.75 Å². The standard InChI is InChI=1S/C17H25N3O5S/c1-11(2)20(12(3)4)16(21)13(5)25-17(22)14-7-6-8-19-9-10-26(23,24)18-15(14)19/h6-8,11-13H,9-10H2,1-5H3/t13-/m0/s1. The van der Waals surface area contributed by atoms with Gasteiger partial charge in [-0.05, 0) is 46.8 Å². The lowest BCUT2D eigenvalue weighted by atomic mass is 10.1. The number of carbonyl (C=O) groups is 2. The molecule has 9 heteroatoms. The van der Waals surface area contributed by atoms with Crippen molar-refractivity contribution in [1.82, 2.24) is 9.80 Å². The summed E-state index contributed by atoms with van der Waals surface area (Å²) in [4.78, 5) is 28.4. The number of fused-ring (bicyclic) bond motifs is 1. The number of allylic oxidation sites excluding steroid dienone is 2. The number of amidine groups is 1. The molecule has 0 unspecified atom stereocenters. The molecule has 0 radical (unpaired) electrons. The SMILES string of the molecule is CC(C)N(C(=O)[C@H](C)OC(=O)C1=CC=CN2CCS(=O)(=O)N=C12)C(C)C. The zero-order valence-corrected chi connectivity index (χ0v) is 16.5. The van der Waals surface area contributed by atoms with E-state index in [2.05, 4.69) is 4.40 Å². The van der Waals surface area contributed by atoms with E-state index in [0.717, 1.165) is 0 Å². The Morgan fingerprint density at radius 1 is 1.19 bits per heavy atom.